The number of benzene rings is 3. The van der Waals surface area contributed by atoms with Crippen molar-refractivity contribution in [1.29, 1.82) is 0 Å². The molecule has 0 N–H and O–H groups in total. The molecule has 1 aliphatic heterocycles. The first-order valence-electron chi connectivity index (χ1n) is 7.37. The van der Waals surface area contributed by atoms with Gasteiger partial charge in [0.25, 0.3) is 0 Å². The predicted molar refractivity (Wildman–Crippen MR) is 83.8 cm³/mol. The zero-order valence-corrected chi connectivity index (χ0v) is 12.4. The lowest BCUT2D eigenvalue weighted by Crippen LogP contribution is -2.21. The van der Waals surface area contributed by atoms with E-state index >= 15 is 0 Å². The lowest BCUT2D eigenvalue weighted by atomic mass is 9.95. The summed E-state index contributed by atoms with van der Waals surface area (Å²) in [5.41, 5.74) is 1.89. The molecule has 1 aliphatic rings. The van der Waals surface area contributed by atoms with E-state index in [-0.39, 0.29) is 6.07 Å². The van der Waals surface area contributed by atoms with Gasteiger partial charge in [-0.15, -0.1) is 0 Å². The Morgan fingerprint density at radius 1 is 0.667 bits per heavy atom. The largest absolute Gasteiger partial charge is 0.305 e. The van der Waals surface area contributed by atoms with Crippen LogP contribution in [0.4, 0.5) is 34.6 Å². The van der Waals surface area contributed by atoms with Crippen molar-refractivity contribution in [2.24, 2.45) is 0 Å². The number of hydrogen-bond donors (Lipinski definition) is 0. The molecule has 0 fully saturated rings. The van der Waals surface area contributed by atoms with Gasteiger partial charge in [0.1, 0.15) is 5.69 Å². The average Bonchev–Trinajstić information content (AvgIpc) is 2.59. The molecule has 5 heteroatoms. The quantitative estimate of drug-likeness (QED) is 0.324. The Balaban J connectivity index is 2.07. The molecule has 0 bridgehead atoms. The van der Waals surface area contributed by atoms with Gasteiger partial charge in [-0.2, -0.15) is 0 Å². The average molecular weight is 329 g/mol. The normalized spacial score (nSPS) is 12.8. The molecule has 0 aromatic heterocycles. The summed E-state index contributed by atoms with van der Waals surface area (Å²) in [6.07, 6.45) is 0.573. The Kier molecular flexibility index (Phi) is 3.30. The van der Waals surface area contributed by atoms with Gasteiger partial charge in [0.05, 0.1) is 0 Å². The summed E-state index contributed by atoms with van der Waals surface area (Å²) in [6.45, 7) is 0. The lowest BCUT2D eigenvalue weighted by Gasteiger charge is -2.33. The van der Waals surface area contributed by atoms with Crippen LogP contribution in [0.15, 0.2) is 54.6 Å². The second kappa shape index (κ2) is 5.37. The maximum Gasteiger partial charge on any atom is 0.186 e. The number of fused-ring (bicyclic) bond motifs is 2. The molecule has 24 heavy (non-hydrogen) atoms. The molecule has 0 unspecified atom stereocenters. The van der Waals surface area contributed by atoms with E-state index in [4.69, 9.17) is 0 Å². The molecule has 3 aromatic carbocycles. The van der Waals surface area contributed by atoms with Crippen molar-refractivity contribution < 1.29 is 17.6 Å². The summed E-state index contributed by atoms with van der Waals surface area (Å²) in [7, 11) is 0. The third-order valence-corrected chi connectivity index (χ3v) is 4.16. The molecule has 1 heterocycles. The van der Waals surface area contributed by atoms with Crippen LogP contribution in [-0.4, -0.2) is 0 Å². The summed E-state index contributed by atoms with van der Waals surface area (Å²) in [6, 6.07) is 14.3. The molecule has 4 rings (SSSR count). The Morgan fingerprint density at radius 3 is 1.62 bits per heavy atom. The van der Waals surface area contributed by atoms with E-state index in [0.717, 1.165) is 11.1 Å². The number of hydrogen-bond acceptors (Lipinski definition) is 1. The van der Waals surface area contributed by atoms with Crippen LogP contribution in [0.2, 0.25) is 0 Å². The highest BCUT2D eigenvalue weighted by molar-refractivity contribution is 5.83. The number of para-hydroxylation sites is 2. The molecule has 3 aromatic rings. The Bertz CT molecular complexity index is 880. The van der Waals surface area contributed by atoms with Crippen LogP contribution in [-0.2, 0) is 6.42 Å². The Hall–Kier alpha value is -2.82. The highest BCUT2D eigenvalue weighted by Crippen LogP contribution is 2.45. The van der Waals surface area contributed by atoms with Crippen molar-refractivity contribution in [1.82, 2.24) is 0 Å². The molecule has 0 aliphatic carbocycles. The first kappa shape index (κ1) is 14.8. The minimum atomic E-state index is -1.43. The smallest absolute Gasteiger partial charge is 0.186 e. The maximum absolute atomic E-state index is 14.4. The fourth-order valence-corrected chi connectivity index (χ4v) is 3.09. The second-order valence-corrected chi connectivity index (χ2v) is 5.59. The van der Waals surface area contributed by atoms with Crippen molar-refractivity contribution >= 4 is 17.1 Å². The van der Waals surface area contributed by atoms with E-state index in [2.05, 4.69) is 0 Å². The Labute approximate surface area is 135 Å². The molecular formula is C19H11F4N. The number of rotatable bonds is 1. The van der Waals surface area contributed by atoms with E-state index in [1.807, 2.05) is 24.3 Å². The van der Waals surface area contributed by atoms with Crippen LogP contribution in [0, 0.1) is 23.3 Å². The number of halogens is 4. The fourth-order valence-electron chi connectivity index (χ4n) is 3.09. The van der Waals surface area contributed by atoms with Crippen LogP contribution in [0.3, 0.4) is 0 Å². The van der Waals surface area contributed by atoms with Crippen LogP contribution >= 0.6 is 0 Å². The minimum absolute atomic E-state index is 0.218. The van der Waals surface area contributed by atoms with Gasteiger partial charge >= 0.3 is 0 Å². The maximum atomic E-state index is 14.4. The molecule has 0 spiro atoms. The van der Waals surface area contributed by atoms with Crippen molar-refractivity contribution in [3.05, 3.63) is 89.0 Å². The molecular weight excluding hydrogens is 318 g/mol. The van der Waals surface area contributed by atoms with E-state index in [9.17, 15) is 17.6 Å². The fraction of sp³-hybridized carbons (Fsp3) is 0.0526. The van der Waals surface area contributed by atoms with E-state index in [1.165, 1.54) is 4.90 Å². The third-order valence-electron chi connectivity index (χ3n) is 4.16. The van der Waals surface area contributed by atoms with Gasteiger partial charge in [-0.3, -0.25) is 0 Å². The van der Waals surface area contributed by atoms with E-state index in [0.29, 0.717) is 17.8 Å². The van der Waals surface area contributed by atoms with Gasteiger partial charge in [0.15, 0.2) is 23.3 Å². The van der Waals surface area contributed by atoms with Crippen LogP contribution in [0.5, 0.6) is 0 Å². The summed E-state index contributed by atoms with van der Waals surface area (Å²) in [5, 5.41) is 0. The predicted octanol–water partition coefficient (Wildman–Crippen LogP) is 5.62. The summed E-state index contributed by atoms with van der Waals surface area (Å²) < 4.78 is 56.2. The van der Waals surface area contributed by atoms with Gasteiger partial charge in [-0.1, -0.05) is 36.4 Å². The highest BCUT2D eigenvalue weighted by atomic mass is 19.2. The zero-order chi connectivity index (χ0) is 16.8. The molecule has 0 saturated carbocycles. The van der Waals surface area contributed by atoms with Crippen LogP contribution in [0.25, 0.3) is 0 Å². The molecule has 0 radical (unpaired) electrons. The Morgan fingerprint density at radius 2 is 1.12 bits per heavy atom. The standard InChI is InChI=1S/C19H11F4N/c20-13-10-14(21)18(23)19(17(13)22)24-15-7-3-1-5-11(15)9-12-6-2-4-8-16(12)24/h1-8,10H,9H2. The summed E-state index contributed by atoms with van der Waals surface area (Å²) in [4.78, 5) is 1.24. The lowest BCUT2D eigenvalue weighted by molar-refractivity contribution is 0.456. The van der Waals surface area contributed by atoms with Crippen LogP contribution < -0.4 is 4.90 Å². The van der Waals surface area contributed by atoms with E-state index in [1.54, 1.807) is 24.3 Å². The van der Waals surface area contributed by atoms with Gasteiger partial charge < -0.3 is 4.90 Å². The van der Waals surface area contributed by atoms with Gasteiger partial charge in [-0.05, 0) is 23.3 Å². The zero-order valence-electron chi connectivity index (χ0n) is 12.4. The van der Waals surface area contributed by atoms with Crippen LogP contribution in [0.1, 0.15) is 11.1 Å². The number of anilines is 3. The molecule has 0 atom stereocenters. The molecule has 0 amide bonds. The SMILES string of the molecule is Fc1cc(F)c(F)c(N2c3ccccc3Cc3ccccc32)c1F. The summed E-state index contributed by atoms with van der Waals surface area (Å²) >= 11 is 0. The van der Waals surface area contributed by atoms with Crippen molar-refractivity contribution in [3.63, 3.8) is 0 Å². The van der Waals surface area contributed by atoms with Crippen molar-refractivity contribution in [2.75, 3.05) is 4.90 Å². The van der Waals surface area contributed by atoms with Crippen molar-refractivity contribution in [2.45, 2.75) is 6.42 Å². The first-order valence-corrected chi connectivity index (χ1v) is 7.37. The second-order valence-electron chi connectivity index (χ2n) is 5.59. The molecule has 0 saturated heterocycles. The topological polar surface area (TPSA) is 3.24 Å². The van der Waals surface area contributed by atoms with Gasteiger partial charge in [0, 0.05) is 23.9 Å². The number of nitrogens with zero attached hydrogens (tertiary/aromatic N) is 1. The molecule has 1 nitrogen and oxygen atoms in total. The summed E-state index contributed by atoms with van der Waals surface area (Å²) in [5.74, 6) is -5.69. The van der Waals surface area contributed by atoms with E-state index < -0.39 is 29.0 Å². The van der Waals surface area contributed by atoms with Gasteiger partial charge in [-0.25, -0.2) is 17.6 Å². The highest BCUT2D eigenvalue weighted by Gasteiger charge is 2.30. The van der Waals surface area contributed by atoms with Crippen molar-refractivity contribution in [3.8, 4) is 0 Å². The minimum Gasteiger partial charge on any atom is -0.305 e. The monoisotopic (exact) mass is 329 g/mol. The first-order chi connectivity index (χ1) is 11.6. The van der Waals surface area contributed by atoms with Gasteiger partial charge in [0.2, 0.25) is 0 Å². The third kappa shape index (κ3) is 2.08. The molecule has 120 valence electrons.